The molecule has 1 aliphatic heterocycles. The first-order valence-corrected chi connectivity index (χ1v) is 7.59. The van der Waals surface area contributed by atoms with E-state index in [1.807, 2.05) is 0 Å². The molecule has 1 heterocycles. The third-order valence-electron chi connectivity index (χ3n) is 4.41. The zero-order valence-corrected chi connectivity index (χ0v) is 12.7. The molecule has 0 bridgehead atoms. The topological polar surface area (TPSA) is 40.5 Å². The van der Waals surface area contributed by atoms with Gasteiger partial charge in [0.1, 0.15) is 6.04 Å². The van der Waals surface area contributed by atoms with Crippen LogP contribution in [0, 0.1) is 0 Å². The van der Waals surface area contributed by atoms with Crippen LogP contribution in [-0.2, 0) is 4.79 Å². The van der Waals surface area contributed by atoms with Crippen LogP contribution < -0.4 is 0 Å². The minimum absolute atomic E-state index is 0.164. The molecule has 1 aromatic rings. The van der Waals surface area contributed by atoms with Gasteiger partial charge < -0.3 is 5.11 Å². The molecule has 0 saturated carbocycles. The molecule has 3 nitrogen and oxygen atoms in total. The lowest BCUT2D eigenvalue weighted by Crippen LogP contribution is -2.45. The van der Waals surface area contributed by atoms with Crippen molar-refractivity contribution < 1.29 is 9.90 Å². The summed E-state index contributed by atoms with van der Waals surface area (Å²) in [6, 6.07) is 8.45. The highest BCUT2D eigenvalue weighted by Crippen LogP contribution is 2.29. The first kappa shape index (κ1) is 15.0. The number of hydrogen-bond acceptors (Lipinski definition) is 2. The summed E-state index contributed by atoms with van der Waals surface area (Å²) >= 11 is 0. The van der Waals surface area contributed by atoms with E-state index < -0.39 is 5.97 Å². The van der Waals surface area contributed by atoms with Crippen molar-refractivity contribution in [3.8, 4) is 0 Å². The Bertz CT molecular complexity index is 453. The average molecular weight is 275 g/mol. The second-order valence-electron chi connectivity index (χ2n) is 6.08. The van der Waals surface area contributed by atoms with Crippen LogP contribution in [0.2, 0.25) is 0 Å². The summed E-state index contributed by atoms with van der Waals surface area (Å²) in [5, 5.41) is 9.38. The summed E-state index contributed by atoms with van der Waals surface area (Å²) in [5.74, 6) is -0.156. The fourth-order valence-electron chi connectivity index (χ4n) is 3.03. The van der Waals surface area contributed by atoms with Gasteiger partial charge in [-0.1, -0.05) is 44.5 Å². The Kier molecular flexibility index (Phi) is 4.81. The van der Waals surface area contributed by atoms with Crippen molar-refractivity contribution in [2.24, 2.45) is 0 Å². The molecular weight excluding hydrogens is 250 g/mol. The van der Waals surface area contributed by atoms with E-state index in [0.717, 1.165) is 25.8 Å². The van der Waals surface area contributed by atoms with Crippen LogP contribution in [0.25, 0.3) is 0 Å². The number of carbonyl (C=O) groups is 1. The van der Waals surface area contributed by atoms with Crippen molar-refractivity contribution in [2.45, 2.75) is 58.0 Å². The van der Waals surface area contributed by atoms with Gasteiger partial charge in [-0.15, -0.1) is 0 Å². The summed E-state index contributed by atoms with van der Waals surface area (Å²) < 4.78 is 0. The van der Waals surface area contributed by atoms with Gasteiger partial charge in [-0.2, -0.15) is 0 Å². The van der Waals surface area contributed by atoms with E-state index in [1.54, 1.807) is 0 Å². The monoisotopic (exact) mass is 275 g/mol. The lowest BCUT2D eigenvalue weighted by atomic mass is 9.95. The smallest absolute Gasteiger partial charge is 0.320 e. The summed E-state index contributed by atoms with van der Waals surface area (Å²) in [5.41, 5.74) is 2.54. The van der Waals surface area contributed by atoms with Crippen molar-refractivity contribution >= 4 is 5.97 Å². The fraction of sp³-hybridized carbons (Fsp3) is 0.588. The normalized spacial score (nSPS) is 21.9. The molecule has 0 spiro atoms. The van der Waals surface area contributed by atoms with Crippen molar-refractivity contribution in [1.82, 2.24) is 4.90 Å². The van der Waals surface area contributed by atoms with Gasteiger partial charge in [-0.05, 0) is 43.4 Å². The fourth-order valence-corrected chi connectivity index (χ4v) is 3.03. The Balaban J connectivity index is 2.16. The van der Waals surface area contributed by atoms with Crippen LogP contribution in [-0.4, -0.2) is 28.6 Å². The maximum atomic E-state index is 11.4. The number of rotatable bonds is 4. The maximum Gasteiger partial charge on any atom is 0.320 e. The van der Waals surface area contributed by atoms with Gasteiger partial charge in [0.25, 0.3) is 0 Å². The lowest BCUT2D eigenvalue weighted by molar-refractivity contribution is -0.145. The number of benzene rings is 1. The minimum atomic E-state index is -0.685. The Morgan fingerprint density at radius 3 is 2.30 bits per heavy atom. The predicted molar refractivity (Wildman–Crippen MR) is 80.9 cm³/mol. The first-order valence-electron chi connectivity index (χ1n) is 7.59. The van der Waals surface area contributed by atoms with Crippen molar-refractivity contribution in [2.75, 3.05) is 6.54 Å². The van der Waals surface area contributed by atoms with Crippen LogP contribution in [0.4, 0.5) is 0 Å². The summed E-state index contributed by atoms with van der Waals surface area (Å²) in [4.78, 5) is 13.5. The van der Waals surface area contributed by atoms with E-state index in [0.29, 0.717) is 5.92 Å². The molecule has 1 aromatic carbocycles. The predicted octanol–water partition coefficient (Wildman–Crippen LogP) is 3.81. The van der Waals surface area contributed by atoms with Gasteiger partial charge in [-0.3, -0.25) is 9.69 Å². The van der Waals surface area contributed by atoms with Crippen LogP contribution >= 0.6 is 0 Å². The molecule has 0 amide bonds. The van der Waals surface area contributed by atoms with Crippen molar-refractivity contribution in [3.05, 3.63) is 35.4 Å². The summed E-state index contributed by atoms with van der Waals surface area (Å²) in [7, 11) is 0. The number of likely N-dealkylation sites (tertiary alicyclic amines) is 1. The quantitative estimate of drug-likeness (QED) is 0.908. The van der Waals surface area contributed by atoms with Crippen molar-refractivity contribution in [1.29, 1.82) is 0 Å². The molecule has 110 valence electrons. The Morgan fingerprint density at radius 1 is 1.15 bits per heavy atom. The molecule has 1 fully saturated rings. The Labute approximate surface area is 121 Å². The zero-order chi connectivity index (χ0) is 14.7. The molecule has 1 N–H and O–H groups in total. The van der Waals surface area contributed by atoms with Crippen LogP contribution in [0.3, 0.4) is 0 Å². The third-order valence-corrected chi connectivity index (χ3v) is 4.41. The molecule has 3 heteroatoms. The van der Waals surface area contributed by atoms with Gasteiger partial charge in [0.15, 0.2) is 0 Å². The maximum absolute atomic E-state index is 11.4. The number of nitrogens with zero attached hydrogens (tertiary/aromatic N) is 1. The largest absolute Gasteiger partial charge is 0.480 e. The zero-order valence-electron chi connectivity index (χ0n) is 12.7. The first-order chi connectivity index (χ1) is 9.50. The van der Waals surface area contributed by atoms with Gasteiger partial charge in [0.05, 0.1) is 0 Å². The molecule has 2 rings (SSSR count). The van der Waals surface area contributed by atoms with E-state index >= 15 is 0 Å². The SMILES string of the molecule is CC(C)c1ccc(C(C)N2CCCCC2C(=O)O)cc1. The molecule has 0 aliphatic carbocycles. The number of carboxylic acid groups (broad SMARTS) is 1. The van der Waals surface area contributed by atoms with Crippen molar-refractivity contribution in [3.63, 3.8) is 0 Å². The highest BCUT2D eigenvalue weighted by atomic mass is 16.4. The molecular formula is C17H25NO2. The van der Waals surface area contributed by atoms with E-state index in [9.17, 15) is 9.90 Å². The second-order valence-corrected chi connectivity index (χ2v) is 6.08. The molecule has 1 aliphatic rings. The number of carboxylic acids is 1. The van der Waals surface area contributed by atoms with Crippen LogP contribution in [0.5, 0.6) is 0 Å². The highest BCUT2D eigenvalue weighted by molar-refractivity contribution is 5.73. The van der Waals surface area contributed by atoms with E-state index in [-0.39, 0.29) is 12.1 Å². The molecule has 1 saturated heterocycles. The minimum Gasteiger partial charge on any atom is -0.480 e. The molecule has 2 atom stereocenters. The van der Waals surface area contributed by atoms with Gasteiger partial charge in [-0.25, -0.2) is 0 Å². The molecule has 0 aromatic heterocycles. The van der Waals surface area contributed by atoms with Gasteiger partial charge in [0, 0.05) is 6.04 Å². The number of piperidine rings is 1. The van der Waals surface area contributed by atoms with E-state index in [1.165, 1.54) is 11.1 Å². The molecule has 0 radical (unpaired) electrons. The average Bonchev–Trinajstić information content (AvgIpc) is 2.46. The standard InChI is InChI=1S/C17H25NO2/c1-12(2)14-7-9-15(10-8-14)13(3)18-11-5-4-6-16(18)17(19)20/h7-10,12-13,16H,4-6,11H2,1-3H3,(H,19,20). The number of aliphatic carboxylic acids is 1. The molecule has 2 unspecified atom stereocenters. The summed E-state index contributed by atoms with van der Waals surface area (Å²) in [6.07, 6.45) is 2.88. The van der Waals surface area contributed by atoms with Crippen LogP contribution in [0.1, 0.15) is 63.1 Å². The van der Waals surface area contributed by atoms with Gasteiger partial charge in [0.2, 0.25) is 0 Å². The van der Waals surface area contributed by atoms with E-state index in [2.05, 4.69) is 49.9 Å². The summed E-state index contributed by atoms with van der Waals surface area (Å²) in [6.45, 7) is 7.36. The lowest BCUT2D eigenvalue weighted by Gasteiger charge is -2.37. The van der Waals surface area contributed by atoms with Gasteiger partial charge >= 0.3 is 5.97 Å². The Hall–Kier alpha value is -1.35. The van der Waals surface area contributed by atoms with Crippen LogP contribution in [0.15, 0.2) is 24.3 Å². The Morgan fingerprint density at radius 2 is 1.75 bits per heavy atom. The second kappa shape index (κ2) is 6.40. The highest BCUT2D eigenvalue weighted by Gasteiger charge is 2.32. The van der Waals surface area contributed by atoms with E-state index in [4.69, 9.17) is 0 Å². The number of hydrogen-bond donors (Lipinski definition) is 1. The third kappa shape index (κ3) is 3.21. The molecule has 20 heavy (non-hydrogen) atoms.